The highest BCUT2D eigenvalue weighted by Gasteiger charge is 2.28. The lowest BCUT2D eigenvalue weighted by Gasteiger charge is -2.23. The predicted molar refractivity (Wildman–Crippen MR) is 117 cm³/mol. The Kier molecular flexibility index (Phi) is 4.54. The Morgan fingerprint density at radius 3 is 2.72 bits per heavy atom. The molecule has 1 atom stereocenters. The Morgan fingerprint density at radius 2 is 1.93 bits per heavy atom. The molecule has 0 saturated heterocycles. The fraction of sp³-hybridized carbons (Fsp3) is 0.364. The van der Waals surface area contributed by atoms with Crippen LogP contribution in [0.4, 0.5) is 5.82 Å². The molecule has 0 saturated carbocycles. The van der Waals surface area contributed by atoms with Crippen LogP contribution in [0.2, 0.25) is 0 Å². The summed E-state index contributed by atoms with van der Waals surface area (Å²) < 4.78 is 2.27. The molecule has 0 radical (unpaired) electrons. The van der Waals surface area contributed by atoms with E-state index in [2.05, 4.69) is 68.6 Å². The van der Waals surface area contributed by atoms with Gasteiger partial charge in [-0.15, -0.1) is 21.5 Å². The van der Waals surface area contributed by atoms with Gasteiger partial charge in [-0.1, -0.05) is 44.2 Å². The zero-order valence-corrected chi connectivity index (χ0v) is 17.7. The number of nitrogens with one attached hydrogen (secondary N) is 1. The van der Waals surface area contributed by atoms with E-state index in [-0.39, 0.29) is 6.04 Å². The summed E-state index contributed by atoms with van der Waals surface area (Å²) in [6.07, 6.45) is 2.15. The van der Waals surface area contributed by atoms with Gasteiger partial charge in [0.05, 0.1) is 11.4 Å². The van der Waals surface area contributed by atoms with Gasteiger partial charge in [-0.2, -0.15) is 0 Å². The highest BCUT2D eigenvalue weighted by atomic mass is 32.1. The van der Waals surface area contributed by atoms with Gasteiger partial charge in [0.25, 0.3) is 0 Å². The molecule has 148 valence electrons. The molecule has 29 heavy (non-hydrogen) atoms. The Bertz CT molecular complexity index is 1160. The lowest BCUT2D eigenvalue weighted by Crippen LogP contribution is -2.22. The van der Waals surface area contributed by atoms with Crippen molar-refractivity contribution in [3.05, 3.63) is 53.2 Å². The van der Waals surface area contributed by atoms with Crippen LogP contribution >= 0.6 is 11.3 Å². The highest BCUT2D eigenvalue weighted by molar-refractivity contribution is 7.17. The number of thiophene rings is 1. The van der Waals surface area contributed by atoms with E-state index in [0.29, 0.717) is 5.92 Å². The highest BCUT2D eigenvalue weighted by Crippen LogP contribution is 2.39. The summed E-state index contributed by atoms with van der Waals surface area (Å²) in [6.45, 7) is 7.37. The smallest absolute Gasteiger partial charge is 0.155 e. The van der Waals surface area contributed by atoms with Crippen molar-refractivity contribution < 1.29 is 0 Å². The molecular formula is C22H24N6S. The van der Waals surface area contributed by atoms with E-state index >= 15 is 0 Å². The molecule has 4 heterocycles. The van der Waals surface area contributed by atoms with Crippen LogP contribution in [0, 0.1) is 12.8 Å². The van der Waals surface area contributed by atoms with Crippen molar-refractivity contribution in [1.82, 2.24) is 24.7 Å². The zero-order valence-electron chi connectivity index (χ0n) is 16.9. The van der Waals surface area contributed by atoms with Crippen molar-refractivity contribution in [1.29, 1.82) is 0 Å². The van der Waals surface area contributed by atoms with Crippen LogP contribution in [0.1, 0.15) is 43.8 Å². The molecule has 1 N–H and O–H groups in total. The number of rotatable bonds is 5. The third-order valence-corrected chi connectivity index (χ3v) is 6.38. The summed E-state index contributed by atoms with van der Waals surface area (Å²) in [5.74, 6) is 4.09. The third-order valence-electron chi connectivity index (χ3n) is 5.51. The Hall–Kier alpha value is -2.80. The molecule has 0 fully saturated rings. The average molecular weight is 405 g/mol. The summed E-state index contributed by atoms with van der Waals surface area (Å²) in [4.78, 5) is 10.5. The van der Waals surface area contributed by atoms with Gasteiger partial charge in [-0.05, 0) is 24.8 Å². The zero-order chi connectivity index (χ0) is 20.0. The summed E-state index contributed by atoms with van der Waals surface area (Å²) in [6, 6.07) is 10.5. The predicted octanol–water partition coefficient (Wildman–Crippen LogP) is 5.01. The van der Waals surface area contributed by atoms with Crippen molar-refractivity contribution in [2.45, 2.75) is 46.2 Å². The van der Waals surface area contributed by atoms with Gasteiger partial charge in [-0.25, -0.2) is 9.97 Å². The minimum atomic E-state index is 0.0374. The van der Waals surface area contributed by atoms with E-state index in [1.807, 2.05) is 13.0 Å². The van der Waals surface area contributed by atoms with Gasteiger partial charge in [0.1, 0.15) is 22.3 Å². The Balaban J connectivity index is 1.62. The van der Waals surface area contributed by atoms with Crippen LogP contribution in [0.25, 0.3) is 21.3 Å². The first-order chi connectivity index (χ1) is 14.1. The van der Waals surface area contributed by atoms with Crippen LogP contribution in [0.5, 0.6) is 0 Å². The molecular weight excluding hydrogens is 380 g/mol. The largest absolute Gasteiger partial charge is 0.359 e. The fourth-order valence-electron chi connectivity index (χ4n) is 4.06. The maximum atomic E-state index is 4.81. The van der Waals surface area contributed by atoms with E-state index in [4.69, 9.17) is 4.98 Å². The van der Waals surface area contributed by atoms with Gasteiger partial charge < -0.3 is 9.88 Å². The number of aryl methyl sites for hydroxylation is 2. The topological polar surface area (TPSA) is 68.5 Å². The van der Waals surface area contributed by atoms with E-state index in [1.54, 1.807) is 11.3 Å². The first-order valence-electron chi connectivity index (χ1n) is 10.1. The monoisotopic (exact) mass is 404 g/mol. The van der Waals surface area contributed by atoms with Crippen LogP contribution < -0.4 is 5.32 Å². The second-order valence-electron chi connectivity index (χ2n) is 7.91. The lowest BCUT2D eigenvalue weighted by molar-refractivity contribution is 0.495. The number of fused-ring (bicyclic) bond motifs is 2. The normalized spacial score (nSPS) is 14.5. The molecule has 1 aromatic carbocycles. The number of aromatic nitrogens is 5. The summed E-state index contributed by atoms with van der Waals surface area (Å²) in [5.41, 5.74) is 2.35. The molecule has 1 aliphatic rings. The van der Waals surface area contributed by atoms with Crippen LogP contribution in [0.15, 0.2) is 35.7 Å². The van der Waals surface area contributed by atoms with E-state index in [0.717, 1.165) is 52.9 Å². The first kappa shape index (κ1) is 18.2. The molecule has 0 amide bonds. The van der Waals surface area contributed by atoms with E-state index in [9.17, 15) is 0 Å². The van der Waals surface area contributed by atoms with Crippen molar-refractivity contribution in [2.75, 3.05) is 5.32 Å². The molecule has 5 rings (SSSR count). The molecule has 3 aromatic heterocycles. The maximum absolute atomic E-state index is 4.81. The van der Waals surface area contributed by atoms with Crippen molar-refractivity contribution in [2.24, 2.45) is 5.92 Å². The maximum Gasteiger partial charge on any atom is 0.155 e. The second-order valence-corrected chi connectivity index (χ2v) is 8.77. The van der Waals surface area contributed by atoms with Gasteiger partial charge in [-0.3, -0.25) is 0 Å². The van der Waals surface area contributed by atoms with Gasteiger partial charge in [0.2, 0.25) is 0 Å². The first-order valence-corrected chi connectivity index (χ1v) is 11.0. The minimum Gasteiger partial charge on any atom is -0.359 e. The quantitative estimate of drug-likeness (QED) is 0.506. The van der Waals surface area contributed by atoms with Crippen molar-refractivity contribution in [3.63, 3.8) is 0 Å². The van der Waals surface area contributed by atoms with Gasteiger partial charge in [0.15, 0.2) is 5.82 Å². The van der Waals surface area contributed by atoms with Crippen LogP contribution in [0.3, 0.4) is 0 Å². The van der Waals surface area contributed by atoms with E-state index in [1.165, 1.54) is 11.1 Å². The van der Waals surface area contributed by atoms with E-state index < -0.39 is 0 Å². The average Bonchev–Trinajstić information content (AvgIpc) is 3.42. The summed E-state index contributed by atoms with van der Waals surface area (Å²) >= 11 is 1.67. The number of hydrogen-bond donors (Lipinski definition) is 1. The lowest BCUT2D eigenvalue weighted by atomic mass is 10.0. The number of anilines is 1. The molecule has 0 spiro atoms. The van der Waals surface area contributed by atoms with Crippen LogP contribution in [-0.4, -0.2) is 24.7 Å². The number of benzene rings is 1. The molecule has 1 aliphatic heterocycles. The number of hydrogen-bond acceptors (Lipinski definition) is 6. The standard InChI is InChI=1S/C22H24N6S/c1-13(2)19(21-27-26-17-10-7-11-28(17)21)25-20-18-16(15-8-5-4-6-9-15)12-29-22(18)24-14(3)23-20/h4-6,8-9,12-13,19H,7,10-11H2,1-3H3,(H,23,24,25)/t19-/m0/s1. The molecule has 6 nitrogen and oxygen atoms in total. The Labute approximate surface area is 174 Å². The van der Waals surface area contributed by atoms with Crippen molar-refractivity contribution in [3.8, 4) is 11.1 Å². The molecule has 4 aromatic rings. The Morgan fingerprint density at radius 1 is 1.10 bits per heavy atom. The second kappa shape index (κ2) is 7.22. The van der Waals surface area contributed by atoms with Crippen molar-refractivity contribution >= 4 is 27.4 Å². The minimum absolute atomic E-state index is 0.0374. The van der Waals surface area contributed by atoms with Gasteiger partial charge >= 0.3 is 0 Å². The fourth-order valence-corrected chi connectivity index (χ4v) is 5.06. The number of nitrogens with zero attached hydrogens (tertiary/aromatic N) is 5. The summed E-state index contributed by atoms with van der Waals surface area (Å²) in [7, 11) is 0. The van der Waals surface area contributed by atoms with Gasteiger partial charge in [0, 0.05) is 23.9 Å². The molecule has 0 unspecified atom stereocenters. The SMILES string of the molecule is Cc1nc(N[C@H](c2nnc3n2CCC3)C(C)C)c2c(-c3ccccc3)csc2n1. The molecule has 7 heteroatoms. The molecule has 0 aliphatic carbocycles. The molecule has 0 bridgehead atoms. The van der Waals surface area contributed by atoms with Crippen LogP contribution in [-0.2, 0) is 13.0 Å². The third kappa shape index (κ3) is 3.19. The summed E-state index contributed by atoms with van der Waals surface area (Å²) in [5, 5.41) is 15.9.